The van der Waals surface area contributed by atoms with Crippen LogP contribution in [-0.2, 0) is 16.6 Å². The second-order valence-electron chi connectivity index (χ2n) is 8.97. The number of sulfonamides is 1. The molecule has 0 spiro atoms. The summed E-state index contributed by atoms with van der Waals surface area (Å²) < 4.78 is 41.5. The molecule has 2 heterocycles. The molecule has 0 atom stereocenters. The molecule has 34 heavy (non-hydrogen) atoms. The van der Waals surface area contributed by atoms with Gasteiger partial charge in [0.2, 0.25) is 10.0 Å². The molecule has 0 unspecified atom stereocenters. The summed E-state index contributed by atoms with van der Waals surface area (Å²) in [4.78, 5) is 16.9. The van der Waals surface area contributed by atoms with Crippen molar-refractivity contribution < 1.29 is 17.6 Å². The van der Waals surface area contributed by atoms with Gasteiger partial charge in [-0.05, 0) is 36.6 Å². The molecule has 2 fully saturated rings. The fourth-order valence-electron chi connectivity index (χ4n) is 4.53. The smallest absolute Gasteiger partial charge is 0.251 e. The number of benzene rings is 2. The number of piperazine rings is 1. The normalized spacial score (nSPS) is 18.6. The minimum Gasteiger partial charge on any atom is -0.351 e. The summed E-state index contributed by atoms with van der Waals surface area (Å²) in [5, 5.41) is 2.85. The topological polar surface area (TPSA) is 73.0 Å². The largest absolute Gasteiger partial charge is 0.351 e. The van der Waals surface area contributed by atoms with E-state index >= 15 is 0 Å². The van der Waals surface area contributed by atoms with Crippen molar-refractivity contribution in [3.05, 3.63) is 65.5 Å². The molecule has 9 heteroatoms. The summed E-state index contributed by atoms with van der Waals surface area (Å²) in [5.74, 6) is -1.21. The lowest BCUT2D eigenvalue weighted by atomic mass is 10.2. The van der Waals surface area contributed by atoms with E-state index in [4.69, 9.17) is 0 Å². The Labute approximate surface area is 201 Å². The number of halogens is 1. The van der Waals surface area contributed by atoms with E-state index in [0.29, 0.717) is 26.2 Å². The van der Waals surface area contributed by atoms with Crippen LogP contribution in [0, 0.1) is 5.82 Å². The van der Waals surface area contributed by atoms with Gasteiger partial charge >= 0.3 is 0 Å². The Morgan fingerprint density at radius 3 is 2.26 bits per heavy atom. The fourth-order valence-corrected chi connectivity index (χ4v) is 6.14. The molecule has 2 aromatic carbocycles. The number of nitrogens with zero attached hydrogens (tertiary/aromatic N) is 3. The molecule has 4 rings (SSSR count). The van der Waals surface area contributed by atoms with Crippen LogP contribution in [0.5, 0.6) is 0 Å². The van der Waals surface area contributed by atoms with Crippen molar-refractivity contribution in [1.29, 1.82) is 0 Å². The van der Waals surface area contributed by atoms with Crippen LogP contribution in [0.25, 0.3) is 0 Å². The van der Waals surface area contributed by atoms with Crippen molar-refractivity contribution in [3.63, 3.8) is 0 Å². The zero-order chi connectivity index (χ0) is 24.0. The standard InChI is InChI=1S/C25H33FN4O3S/c26-23-10-9-22(19-24(23)34(32,33)30-12-5-2-6-13-30)25(31)27-11-14-28-15-17-29(18-16-28)20-21-7-3-1-4-8-21/h1,3-4,7-10,19H,2,5-6,11-18,20H2,(H,27,31). The fraction of sp³-hybridized carbons (Fsp3) is 0.480. The van der Waals surface area contributed by atoms with Gasteiger partial charge in [0.1, 0.15) is 10.7 Å². The minimum absolute atomic E-state index is 0.157. The molecule has 1 amide bonds. The quantitative estimate of drug-likeness (QED) is 0.618. The average Bonchev–Trinajstić information content (AvgIpc) is 2.86. The Hall–Kier alpha value is -2.33. The zero-order valence-corrected chi connectivity index (χ0v) is 20.3. The van der Waals surface area contributed by atoms with Gasteiger partial charge in [0, 0.05) is 64.5 Å². The first kappa shape index (κ1) is 24.8. The molecule has 0 bridgehead atoms. The predicted octanol–water partition coefficient (Wildman–Crippen LogP) is 2.55. The Morgan fingerprint density at radius 1 is 0.882 bits per heavy atom. The van der Waals surface area contributed by atoms with Gasteiger partial charge in [-0.1, -0.05) is 36.8 Å². The summed E-state index contributed by atoms with van der Waals surface area (Å²) in [5.41, 5.74) is 1.47. The van der Waals surface area contributed by atoms with Crippen LogP contribution < -0.4 is 5.32 Å². The molecule has 0 aromatic heterocycles. The highest BCUT2D eigenvalue weighted by atomic mass is 32.2. The maximum Gasteiger partial charge on any atom is 0.251 e. The van der Waals surface area contributed by atoms with Crippen molar-refractivity contribution in [2.45, 2.75) is 30.7 Å². The van der Waals surface area contributed by atoms with Crippen molar-refractivity contribution in [1.82, 2.24) is 19.4 Å². The molecule has 7 nitrogen and oxygen atoms in total. The van der Waals surface area contributed by atoms with Crippen LogP contribution in [0.1, 0.15) is 35.2 Å². The monoisotopic (exact) mass is 488 g/mol. The van der Waals surface area contributed by atoms with Crippen molar-refractivity contribution >= 4 is 15.9 Å². The van der Waals surface area contributed by atoms with Gasteiger partial charge in [-0.2, -0.15) is 4.31 Å². The third kappa shape index (κ3) is 6.21. The first-order valence-corrected chi connectivity index (χ1v) is 13.4. The SMILES string of the molecule is O=C(NCCN1CCN(Cc2ccccc2)CC1)c1ccc(F)c(S(=O)(=O)N2CCCCC2)c1. The Kier molecular flexibility index (Phi) is 8.31. The maximum absolute atomic E-state index is 14.4. The van der Waals surface area contributed by atoms with E-state index in [-0.39, 0.29) is 5.56 Å². The first-order valence-electron chi connectivity index (χ1n) is 12.0. The van der Waals surface area contributed by atoms with Gasteiger partial charge in [0.15, 0.2) is 0 Å². The summed E-state index contributed by atoms with van der Waals surface area (Å²) in [7, 11) is -3.95. The highest BCUT2D eigenvalue weighted by Gasteiger charge is 2.29. The lowest BCUT2D eigenvalue weighted by Gasteiger charge is -2.34. The summed E-state index contributed by atoms with van der Waals surface area (Å²) in [6.07, 6.45) is 2.50. The Bertz CT molecular complexity index is 1070. The molecule has 2 saturated heterocycles. The van der Waals surface area contributed by atoms with Crippen molar-refractivity contribution in [3.8, 4) is 0 Å². The van der Waals surface area contributed by atoms with Crippen LogP contribution in [0.2, 0.25) is 0 Å². The van der Waals surface area contributed by atoms with E-state index < -0.39 is 26.6 Å². The second kappa shape index (κ2) is 11.4. The van der Waals surface area contributed by atoms with E-state index in [2.05, 4.69) is 39.4 Å². The van der Waals surface area contributed by atoms with Crippen LogP contribution in [0.15, 0.2) is 53.4 Å². The van der Waals surface area contributed by atoms with Gasteiger partial charge in [0.05, 0.1) is 0 Å². The average molecular weight is 489 g/mol. The number of piperidine rings is 1. The molecule has 2 aromatic rings. The van der Waals surface area contributed by atoms with Gasteiger partial charge in [0.25, 0.3) is 5.91 Å². The first-order chi connectivity index (χ1) is 16.4. The third-order valence-electron chi connectivity index (χ3n) is 6.55. The molecule has 184 valence electrons. The number of rotatable bonds is 8. The number of hydrogen-bond donors (Lipinski definition) is 1. The van der Waals surface area contributed by atoms with Gasteiger partial charge in [-0.25, -0.2) is 12.8 Å². The van der Waals surface area contributed by atoms with Gasteiger partial charge < -0.3 is 5.32 Å². The predicted molar refractivity (Wildman–Crippen MR) is 130 cm³/mol. The van der Waals surface area contributed by atoms with Crippen LogP contribution in [0.4, 0.5) is 4.39 Å². The number of hydrogen-bond acceptors (Lipinski definition) is 5. The Balaban J connectivity index is 1.26. The van der Waals surface area contributed by atoms with Crippen LogP contribution in [0.3, 0.4) is 0 Å². The van der Waals surface area contributed by atoms with E-state index in [9.17, 15) is 17.6 Å². The molecule has 0 saturated carbocycles. The summed E-state index contributed by atoms with van der Waals surface area (Å²) in [6.45, 7) is 6.67. The molecule has 1 N–H and O–H groups in total. The van der Waals surface area contributed by atoms with E-state index in [1.807, 2.05) is 6.07 Å². The lowest BCUT2D eigenvalue weighted by molar-refractivity contribution is 0.0934. The minimum atomic E-state index is -3.95. The van der Waals surface area contributed by atoms with Crippen molar-refractivity contribution in [2.75, 3.05) is 52.4 Å². The highest BCUT2D eigenvalue weighted by Crippen LogP contribution is 2.24. The molecule has 2 aliphatic rings. The number of amides is 1. The third-order valence-corrected chi connectivity index (χ3v) is 8.47. The summed E-state index contributed by atoms with van der Waals surface area (Å²) in [6, 6.07) is 14.0. The molecule has 0 radical (unpaired) electrons. The Morgan fingerprint density at radius 2 is 1.56 bits per heavy atom. The highest BCUT2D eigenvalue weighted by molar-refractivity contribution is 7.89. The van der Waals surface area contributed by atoms with E-state index in [1.54, 1.807) is 0 Å². The molecular weight excluding hydrogens is 455 g/mol. The summed E-state index contributed by atoms with van der Waals surface area (Å²) >= 11 is 0. The van der Waals surface area contributed by atoms with E-state index in [1.165, 1.54) is 15.9 Å². The molecular formula is C25H33FN4O3S. The maximum atomic E-state index is 14.4. The zero-order valence-electron chi connectivity index (χ0n) is 19.5. The number of carbonyl (C=O) groups is 1. The lowest BCUT2D eigenvalue weighted by Crippen LogP contribution is -2.48. The van der Waals surface area contributed by atoms with Gasteiger partial charge in [-0.15, -0.1) is 0 Å². The van der Waals surface area contributed by atoms with Crippen LogP contribution >= 0.6 is 0 Å². The number of carbonyl (C=O) groups excluding carboxylic acids is 1. The molecule has 0 aliphatic carbocycles. The number of nitrogens with one attached hydrogen (secondary N) is 1. The van der Waals surface area contributed by atoms with Crippen molar-refractivity contribution in [2.24, 2.45) is 0 Å². The van der Waals surface area contributed by atoms with E-state index in [0.717, 1.165) is 64.1 Å². The molecule has 2 aliphatic heterocycles. The van der Waals surface area contributed by atoms with Crippen LogP contribution in [-0.4, -0.2) is 80.8 Å². The second-order valence-corrected chi connectivity index (χ2v) is 10.9. The van der Waals surface area contributed by atoms with Gasteiger partial charge in [-0.3, -0.25) is 14.6 Å².